The first-order valence-electron chi connectivity index (χ1n) is 7.40. The molecular formula is C14H27NO3. The second-order valence-electron chi connectivity index (χ2n) is 6.05. The zero-order valence-corrected chi connectivity index (χ0v) is 11.2. The standard InChI is InChI=1S/C14H27NO3/c16-10-12-8-15(9-13(17)14(12)18)7-6-11-4-2-1-3-5-11/h11-14,16-18H,1-10H2. The van der Waals surface area contributed by atoms with E-state index in [0.717, 1.165) is 12.5 Å². The van der Waals surface area contributed by atoms with Gasteiger partial charge in [-0.3, -0.25) is 0 Å². The maximum Gasteiger partial charge on any atom is 0.0929 e. The second kappa shape index (κ2) is 6.85. The summed E-state index contributed by atoms with van der Waals surface area (Å²) in [6.45, 7) is 2.20. The van der Waals surface area contributed by atoms with E-state index in [1.54, 1.807) is 0 Å². The predicted molar refractivity (Wildman–Crippen MR) is 70.2 cm³/mol. The zero-order chi connectivity index (χ0) is 13.0. The molecule has 1 heterocycles. The lowest BCUT2D eigenvalue weighted by atomic mass is 9.86. The summed E-state index contributed by atoms with van der Waals surface area (Å²) in [6, 6.07) is 0. The molecule has 1 saturated carbocycles. The monoisotopic (exact) mass is 257 g/mol. The fourth-order valence-electron chi connectivity index (χ4n) is 3.39. The smallest absolute Gasteiger partial charge is 0.0929 e. The van der Waals surface area contributed by atoms with Crippen molar-refractivity contribution < 1.29 is 15.3 Å². The highest BCUT2D eigenvalue weighted by Gasteiger charge is 2.34. The Bertz CT molecular complexity index is 243. The average Bonchev–Trinajstić information content (AvgIpc) is 2.41. The van der Waals surface area contributed by atoms with Crippen LogP contribution in [0.25, 0.3) is 0 Å². The number of hydrogen-bond donors (Lipinski definition) is 3. The molecule has 3 atom stereocenters. The molecule has 0 amide bonds. The lowest BCUT2D eigenvalue weighted by Gasteiger charge is -2.39. The quantitative estimate of drug-likeness (QED) is 0.690. The molecule has 3 unspecified atom stereocenters. The van der Waals surface area contributed by atoms with E-state index in [1.807, 2.05) is 0 Å². The number of likely N-dealkylation sites (tertiary alicyclic amines) is 1. The summed E-state index contributed by atoms with van der Waals surface area (Å²) in [5, 5.41) is 28.7. The van der Waals surface area contributed by atoms with Crippen LogP contribution in [0.1, 0.15) is 38.5 Å². The van der Waals surface area contributed by atoms with Gasteiger partial charge in [0.25, 0.3) is 0 Å². The van der Waals surface area contributed by atoms with E-state index in [4.69, 9.17) is 0 Å². The van der Waals surface area contributed by atoms with Gasteiger partial charge in [-0.05, 0) is 18.9 Å². The molecule has 106 valence electrons. The zero-order valence-electron chi connectivity index (χ0n) is 11.2. The fourth-order valence-corrected chi connectivity index (χ4v) is 3.39. The van der Waals surface area contributed by atoms with Gasteiger partial charge in [-0.1, -0.05) is 32.1 Å². The molecule has 0 spiro atoms. The van der Waals surface area contributed by atoms with Crippen molar-refractivity contribution in [2.45, 2.75) is 50.7 Å². The minimum atomic E-state index is -0.763. The average molecular weight is 257 g/mol. The summed E-state index contributed by atoms with van der Waals surface area (Å²) >= 11 is 0. The summed E-state index contributed by atoms with van der Waals surface area (Å²) in [4.78, 5) is 2.20. The summed E-state index contributed by atoms with van der Waals surface area (Å²) < 4.78 is 0. The Morgan fingerprint density at radius 2 is 1.72 bits per heavy atom. The highest BCUT2D eigenvalue weighted by atomic mass is 16.3. The van der Waals surface area contributed by atoms with Crippen molar-refractivity contribution in [1.82, 2.24) is 4.90 Å². The number of rotatable bonds is 4. The van der Waals surface area contributed by atoms with Gasteiger partial charge in [0, 0.05) is 25.6 Å². The number of nitrogens with zero attached hydrogens (tertiary/aromatic N) is 1. The molecule has 0 bridgehead atoms. The molecule has 4 nitrogen and oxygen atoms in total. The van der Waals surface area contributed by atoms with E-state index in [9.17, 15) is 15.3 Å². The first-order valence-corrected chi connectivity index (χ1v) is 7.40. The molecular weight excluding hydrogens is 230 g/mol. The van der Waals surface area contributed by atoms with Gasteiger partial charge in [0.2, 0.25) is 0 Å². The Kier molecular flexibility index (Phi) is 5.42. The topological polar surface area (TPSA) is 63.9 Å². The number of β-amino-alcohol motifs (C(OH)–C–C–N with tert-alkyl or cyclic N) is 1. The Morgan fingerprint density at radius 1 is 1.00 bits per heavy atom. The van der Waals surface area contributed by atoms with Crippen molar-refractivity contribution in [1.29, 1.82) is 0 Å². The normalized spacial score (nSPS) is 35.8. The SMILES string of the molecule is OCC1CN(CCC2CCCCC2)CC(O)C1O. The van der Waals surface area contributed by atoms with Crippen LogP contribution in [-0.4, -0.2) is 58.7 Å². The Hall–Kier alpha value is -0.160. The van der Waals surface area contributed by atoms with Crippen molar-refractivity contribution >= 4 is 0 Å². The van der Waals surface area contributed by atoms with Gasteiger partial charge in [0.05, 0.1) is 12.2 Å². The van der Waals surface area contributed by atoms with Crippen LogP contribution in [0.3, 0.4) is 0 Å². The van der Waals surface area contributed by atoms with Crippen molar-refractivity contribution in [3.8, 4) is 0 Å². The van der Waals surface area contributed by atoms with Gasteiger partial charge in [0.15, 0.2) is 0 Å². The maximum atomic E-state index is 9.78. The summed E-state index contributed by atoms with van der Waals surface area (Å²) in [5.41, 5.74) is 0. The predicted octanol–water partition coefficient (Wildman–Crippen LogP) is 0.603. The minimum absolute atomic E-state index is 0.0435. The molecule has 0 radical (unpaired) electrons. The van der Waals surface area contributed by atoms with Crippen LogP contribution in [0.2, 0.25) is 0 Å². The Labute approximate surface area is 110 Å². The lowest BCUT2D eigenvalue weighted by Crippen LogP contribution is -2.53. The van der Waals surface area contributed by atoms with Gasteiger partial charge in [-0.2, -0.15) is 0 Å². The molecule has 1 saturated heterocycles. The van der Waals surface area contributed by atoms with Crippen LogP contribution in [0.4, 0.5) is 0 Å². The third kappa shape index (κ3) is 3.67. The third-order valence-corrected chi connectivity index (χ3v) is 4.63. The number of hydrogen-bond acceptors (Lipinski definition) is 4. The Balaban J connectivity index is 1.75. The maximum absolute atomic E-state index is 9.78. The van der Waals surface area contributed by atoms with Crippen molar-refractivity contribution in [3.63, 3.8) is 0 Å². The fraction of sp³-hybridized carbons (Fsp3) is 1.00. The van der Waals surface area contributed by atoms with Crippen LogP contribution < -0.4 is 0 Å². The van der Waals surface area contributed by atoms with Crippen LogP contribution >= 0.6 is 0 Å². The molecule has 18 heavy (non-hydrogen) atoms. The summed E-state index contributed by atoms with van der Waals surface area (Å²) in [7, 11) is 0. The number of piperidine rings is 1. The van der Waals surface area contributed by atoms with Gasteiger partial charge >= 0.3 is 0 Å². The lowest BCUT2D eigenvalue weighted by molar-refractivity contribution is -0.0868. The van der Waals surface area contributed by atoms with Crippen molar-refractivity contribution in [3.05, 3.63) is 0 Å². The number of aliphatic hydroxyl groups is 3. The Morgan fingerprint density at radius 3 is 2.39 bits per heavy atom. The van der Waals surface area contributed by atoms with E-state index in [-0.39, 0.29) is 12.5 Å². The van der Waals surface area contributed by atoms with E-state index in [0.29, 0.717) is 13.1 Å². The van der Waals surface area contributed by atoms with Gasteiger partial charge in [0.1, 0.15) is 0 Å². The number of aliphatic hydroxyl groups excluding tert-OH is 3. The second-order valence-corrected chi connectivity index (χ2v) is 6.05. The molecule has 0 aromatic rings. The van der Waals surface area contributed by atoms with Gasteiger partial charge < -0.3 is 20.2 Å². The molecule has 4 heteroatoms. The molecule has 2 rings (SSSR count). The molecule has 2 aliphatic rings. The first kappa shape index (κ1) is 14.3. The van der Waals surface area contributed by atoms with Crippen molar-refractivity contribution in [2.24, 2.45) is 11.8 Å². The molecule has 1 aliphatic carbocycles. The first-order chi connectivity index (χ1) is 8.70. The minimum Gasteiger partial charge on any atom is -0.396 e. The largest absolute Gasteiger partial charge is 0.396 e. The summed E-state index contributed by atoms with van der Waals surface area (Å²) in [6.07, 6.45) is 6.54. The van der Waals surface area contributed by atoms with Gasteiger partial charge in [-0.15, -0.1) is 0 Å². The van der Waals surface area contributed by atoms with E-state index in [1.165, 1.54) is 38.5 Å². The van der Waals surface area contributed by atoms with E-state index >= 15 is 0 Å². The molecule has 0 aromatic carbocycles. The van der Waals surface area contributed by atoms with Crippen LogP contribution in [0.15, 0.2) is 0 Å². The van der Waals surface area contributed by atoms with Crippen LogP contribution in [0.5, 0.6) is 0 Å². The van der Waals surface area contributed by atoms with Crippen molar-refractivity contribution in [2.75, 3.05) is 26.2 Å². The molecule has 0 aromatic heterocycles. The summed E-state index contributed by atoms with van der Waals surface area (Å²) in [5.74, 6) is 0.649. The third-order valence-electron chi connectivity index (χ3n) is 4.63. The highest BCUT2D eigenvalue weighted by Crippen LogP contribution is 2.27. The molecule has 1 aliphatic heterocycles. The molecule has 2 fully saturated rings. The van der Waals surface area contributed by atoms with Crippen LogP contribution in [0, 0.1) is 11.8 Å². The van der Waals surface area contributed by atoms with E-state index < -0.39 is 12.2 Å². The van der Waals surface area contributed by atoms with Gasteiger partial charge in [-0.25, -0.2) is 0 Å². The van der Waals surface area contributed by atoms with E-state index in [2.05, 4.69) is 4.90 Å². The highest BCUT2D eigenvalue weighted by molar-refractivity contribution is 4.86. The van der Waals surface area contributed by atoms with Crippen LogP contribution in [-0.2, 0) is 0 Å². The molecule has 3 N–H and O–H groups in total.